The lowest BCUT2D eigenvalue weighted by molar-refractivity contribution is -0.113. The highest BCUT2D eigenvalue weighted by molar-refractivity contribution is 6.33. The minimum absolute atomic E-state index is 0.134. The first kappa shape index (κ1) is 18.6. The molecule has 0 aromatic heterocycles. The number of ether oxygens (including phenoxy) is 1. The number of benzene rings is 1. The van der Waals surface area contributed by atoms with Crippen LogP contribution in [0.3, 0.4) is 0 Å². The van der Waals surface area contributed by atoms with Gasteiger partial charge in [0.05, 0.1) is 6.61 Å². The Morgan fingerprint density at radius 3 is 2.22 bits per heavy atom. The summed E-state index contributed by atoms with van der Waals surface area (Å²) < 4.78 is 4.97. The Morgan fingerprint density at radius 1 is 0.963 bits per heavy atom. The molecule has 3 rings (SSSR count). The van der Waals surface area contributed by atoms with Gasteiger partial charge in [-0.15, -0.1) is 0 Å². The lowest BCUT2D eigenvalue weighted by Crippen LogP contribution is -2.50. The number of hydrogen-bond donors (Lipinski definition) is 0. The van der Waals surface area contributed by atoms with Crippen molar-refractivity contribution in [2.45, 2.75) is 6.92 Å². The number of rotatable bonds is 3. The maximum atomic E-state index is 12.7. The van der Waals surface area contributed by atoms with E-state index in [9.17, 15) is 19.2 Å². The van der Waals surface area contributed by atoms with Crippen LogP contribution in [0.5, 0.6) is 0 Å². The molecule has 2 aliphatic rings. The Morgan fingerprint density at radius 2 is 1.59 bits per heavy atom. The first-order chi connectivity index (χ1) is 13.0. The third-order valence-corrected chi connectivity index (χ3v) is 4.49. The number of nitrogens with zero attached hydrogens (tertiary/aromatic N) is 2. The molecule has 1 fully saturated rings. The SMILES string of the molecule is CCOC(=O)N1CCN(C(=O)c2ccc(C3=CC(=O)C=CC3=O)cc2)CC1. The molecule has 0 saturated carbocycles. The zero-order valence-electron chi connectivity index (χ0n) is 15.0. The zero-order valence-corrected chi connectivity index (χ0v) is 15.0. The first-order valence-corrected chi connectivity index (χ1v) is 8.79. The average molecular weight is 368 g/mol. The van der Waals surface area contributed by atoms with E-state index < -0.39 is 0 Å². The van der Waals surface area contributed by atoms with E-state index in [0.29, 0.717) is 49.5 Å². The van der Waals surface area contributed by atoms with Gasteiger partial charge >= 0.3 is 6.09 Å². The number of carbonyl (C=O) groups is 4. The van der Waals surface area contributed by atoms with Crippen molar-refractivity contribution < 1.29 is 23.9 Å². The van der Waals surface area contributed by atoms with Crippen molar-refractivity contribution in [1.82, 2.24) is 9.80 Å². The van der Waals surface area contributed by atoms with Crippen molar-refractivity contribution in [3.63, 3.8) is 0 Å². The van der Waals surface area contributed by atoms with Gasteiger partial charge in [0.1, 0.15) is 0 Å². The predicted octanol–water partition coefficient (Wildman–Crippen LogP) is 1.69. The van der Waals surface area contributed by atoms with Crippen LogP contribution in [0.25, 0.3) is 5.57 Å². The van der Waals surface area contributed by atoms with Crippen LogP contribution >= 0.6 is 0 Å². The van der Waals surface area contributed by atoms with E-state index >= 15 is 0 Å². The predicted molar refractivity (Wildman–Crippen MR) is 98.1 cm³/mol. The summed E-state index contributed by atoms with van der Waals surface area (Å²) in [5.41, 5.74) is 1.42. The Bertz CT molecular complexity index is 830. The number of amides is 2. The maximum Gasteiger partial charge on any atom is 0.409 e. The molecule has 1 aliphatic carbocycles. The summed E-state index contributed by atoms with van der Waals surface area (Å²) in [4.78, 5) is 51.0. The lowest BCUT2D eigenvalue weighted by Gasteiger charge is -2.34. The van der Waals surface area contributed by atoms with Gasteiger partial charge in [-0.2, -0.15) is 0 Å². The molecule has 0 radical (unpaired) electrons. The Balaban J connectivity index is 1.64. The molecule has 1 heterocycles. The topological polar surface area (TPSA) is 84.0 Å². The second-order valence-electron chi connectivity index (χ2n) is 6.21. The fourth-order valence-corrected chi connectivity index (χ4v) is 3.02. The summed E-state index contributed by atoms with van der Waals surface area (Å²) in [6, 6.07) is 6.62. The second-order valence-corrected chi connectivity index (χ2v) is 6.21. The van der Waals surface area contributed by atoms with Gasteiger partial charge in [0, 0.05) is 37.3 Å². The van der Waals surface area contributed by atoms with Crippen molar-refractivity contribution >= 4 is 29.1 Å². The molecule has 0 unspecified atom stereocenters. The van der Waals surface area contributed by atoms with Crippen LogP contribution in [-0.4, -0.2) is 66.2 Å². The minimum atomic E-state index is -0.358. The van der Waals surface area contributed by atoms with E-state index in [0.717, 1.165) is 0 Å². The number of piperazine rings is 1. The van der Waals surface area contributed by atoms with E-state index in [-0.39, 0.29) is 23.6 Å². The summed E-state index contributed by atoms with van der Waals surface area (Å²) in [5, 5.41) is 0. The lowest BCUT2D eigenvalue weighted by atomic mass is 9.95. The smallest absolute Gasteiger partial charge is 0.409 e. The van der Waals surface area contributed by atoms with Crippen LogP contribution in [0, 0.1) is 0 Å². The normalized spacial score (nSPS) is 17.0. The minimum Gasteiger partial charge on any atom is -0.450 e. The van der Waals surface area contributed by atoms with Crippen LogP contribution < -0.4 is 0 Å². The van der Waals surface area contributed by atoms with E-state index in [4.69, 9.17) is 4.74 Å². The van der Waals surface area contributed by atoms with Gasteiger partial charge in [-0.25, -0.2) is 4.79 Å². The maximum absolute atomic E-state index is 12.7. The fraction of sp³-hybridized carbons (Fsp3) is 0.300. The summed E-state index contributed by atoms with van der Waals surface area (Å²) in [6.45, 7) is 3.80. The molecule has 1 aliphatic heterocycles. The van der Waals surface area contributed by atoms with Crippen LogP contribution in [0.1, 0.15) is 22.8 Å². The fourth-order valence-electron chi connectivity index (χ4n) is 3.02. The second kappa shape index (κ2) is 7.99. The van der Waals surface area contributed by atoms with E-state index in [1.54, 1.807) is 41.0 Å². The van der Waals surface area contributed by atoms with Crippen LogP contribution in [0.15, 0.2) is 42.5 Å². The van der Waals surface area contributed by atoms with Gasteiger partial charge in [-0.1, -0.05) is 12.1 Å². The number of hydrogen-bond acceptors (Lipinski definition) is 5. The van der Waals surface area contributed by atoms with Crippen molar-refractivity contribution in [2.75, 3.05) is 32.8 Å². The van der Waals surface area contributed by atoms with E-state index in [1.807, 2.05) is 0 Å². The Hall–Kier alpha value is -3.22. The molecule has 0 atom stereocenters. The van der Waals surface area contributed by atoms with Gasteiger partial charge < -0.3 is 14.5 Å². The monoisotopic (exact) mass is 368 g/mol. The highest BCUT2D eigenvalue weighted by atomic mass is 16.6. The molecule has 2 amide bonds. The van der Waals surface area contributed by atoms with Crippen molar-refractivity contribution in [3.05, 3.63) is 53.6 Å². The summed E-state index contributed by atoms with van der Waals surface area (Å²) in [7, 11) is 0. The molecule has 7 heteroatoms. The van der Waals surface area contributed by atoms with Crippen molar-refractivity contribution in [2.24, 2.45) is 0 Å². The molecular formula is C20H20N2O5. The zero-order chi connectivity index (χ0) is 19.4. The number of allylic oxidation sites excluding steroid dienone is 4. The highest BCUT2D eigenvalue weighted by Crippen LogP contribution is 2.20. The Kier molecular flexibility index (Phi) is 5.49. The van der Waals surface area contributed by atoms with Gasteiger partial charge in [-0.05, 0) is 42.8 Å². The van der Waals surface area contributed by atoms with Gasteiger partial charge in [0.2, 0.25) is 0 Å². The molecule has 1 aromatic carbocycles. The summed E-state index contributed by atoms with van der Waals surface area (Å²) >= 11 is 0. The standard InChI is InChI=1S/C20H20N2O5/c1-2-27-20(26)22-11-9-21(10-12-22)19(25)15-5-3-14(4-6-15)17-13-16(23)7-8-18(17)24/h3-8,13H,2,9-12H2,1H3. The average Bonchev–Trinajstić information content (AvgIpc) is 2.70. The van der Waals surface area contributed by atoms with E-state index in [2.05, 4.69) is 0 Å². The summed E-state index contributed by atoms with van der Waals surface area (Å²) in [6.07, 6.45) is 3.43. The van der Waals surface area contributed by atoms with Gasteiger partial charge in [-0.3, -0.25) is 14.4 Å². The van der Waals surface area contributed by atoms with Crippen LogP contribution in [-0.2, 0) is 14.3 Å². The molecular weight excluding hydrogens is 348 g/mol. The number of carbonyl (C=O) groups excluding carboxylic acids is 4. The molecule has 27 heavy (non-hydrogen) atoms. The summed E-state index contributed by atoms with van der Waals surface area (Å²) in [5.74, 6) is -0.599. The van der Waals surface area contributed by atoms with Crippen LogP contribution in [0.4, 0.5) is 4.79 Å². The molecule has 7 nitrogen and oxygen atoms in total. The first-order valence-electron chi connectivity index (χ1n) is 8.79. The van der Waals surface area contributed by atoms with E-state index in [1.165, 1.54) is 18.2 Å². The van der Waals surface area contributed by atoms with Crippen molar-refractivity contribution in [1.29, 1.82) is 0 Å². The molecule has 0 N–H and O–H groups in total. The van der Waals surface area contributed by atoms with Crippen molar-refractivity contribution in [3.8, 4) is 0 Å². The van der Waals surface area contributed by atoms with Gasteiger partial charge in [0.25, 0.3) is 5.91 Å². The molecule has 1 saturated heterocycles. The number of ketones is 2. The molecule has 1 aromatic rings. The third-order valence-electron chi connectivity index (χ3n) is 4.49. The largest absolute Gasteiger partial charge is 0.450 e. The molecule has 140 valence electrons. The van der Waals surface area contributed by atoms with Gasteiger partial charge in [0.15, 0.2) is 11.6 Å². The molecule has 0 bridgehead atoms. The molecule has 0 spiro atoms. The highest BCUT2D eigenvalue weighted by Gasteiger charge is 2.25. The quantitative estimate of drug-likeness (QED) is 0.758. The Labute approximate surface area is 156 Å². The van der Waals surface area contributed by atoms with Crippen LogP contribution in [0.2, 0.25) is 0 Å². The third kappa shape index (κ3) is 4.13.